The quantitative estimate of drug-likeness (QED) is 0.516. The molecular weight excluding hydrogens is 448 g/mol. The van der Waals surface area contributed by atoms with Crippen molar-refractivity contribution in [2.45, 2.75) is 64.3 Å². The van der Waals surface area contributed by atoms with E-state index in [0.29, 0.717) is 25.3 Å². The number of hydrogen-bond acceptors (Lipinski definition) is 4. The minimum atomic E-state index is 0.182. The van der Waals surface area contributed by atoms with Crippen molar-refractivity contribution in [2.75, 3.05) is 26.2 Å². The molecule has 2 heterocycles. The third-order valence-electron chi connectivity index (χ3n) is 7.60. The minimum Gasteiger partial charge on any atom is -0.508 e. The molecule has 2 aromatic rings. The highest BCUT2D eigenvalue weighted by Gasteiger charge is 2.25. The number of nitrogens with zero attached hydrogens (tertiary/aromatic N) is 2. The van der Waals surface area contributed by atoms with E-state index >= 15 is 0 Å². The number of phenolic OH excluding ortho intramolecular Hbond substituents is 1. The highest BCUT2D eigenvalue weighted by Crippen LogP contribution is 2.33. The van der Waals surface area contributed by atoms with Crippen molar-refractivity contribution < 1.29 is 14.6 Å². The molecule has 190 valence electrons. The maximum Gasteiger partial charge on any atom is 0.227 e. The topological polar surface area (TPSA) is 53.0 Å². The van der Waals surface area contributed by atoms with Crippen LogP contribution in [0.15, 0.2) is 59.8 Å². The summed E-state index contributed by atoms with van der Waals surface area (Å²) in [6.07, 6.45) is 13.9. The van der Waals surface area contributed by atoms with E-state index in [1.807, 2.05) is 29.2 Å². The summed E-state index contributed by atoms with van der Waals surface area (Å²) in [5.74, 6) is 1.38. The number of benzene rings is 2. The number of carbonyl (C=O) groups excluding carboxylic acids is 1. The second-order valence-electron chi connectivity index (χ2n) is 10.3. The van der Waals surface area contributed by atoms with Crippen molar-refractivity contribution in [3.8, 4) is 11.5 Å². The summed E-state index contributed by atoms with van der Waals surface area (Å²) < 4.78 is 6.03. The molecule has 0 spiro atoms. The number of aryl methyl sites for hydroxylation is 1. The van der Waals surface area contributed by atoms with Gasteiger partial charge in [-0.25, -0.2) is 0 Å². The van der Waals surface area contributed by atoms with Crippen molar-refractivity contribution in [3.63, 3.8) is 0 Å². The fraction of sp³-hybridized carbons (Fsp3) is 0.452. The van der Waals surface area contributed by atoms with Crippen molar-refractivity contribution >= 4 is 12.0 Å². The number of phenols is 1. The lowest BCUT2D eigenvalue weighted by atomic mass is 9.99. The normalized spacial score (nSPS) is 19.1. The van der Waals surface area contributed by atoms with Crippen LogP contribution in [0.4, 0.5) is 0 Å². The van der Waals surface area contributed by atoms with Gasteiger partial charge in [0.05, 0.1) is 6.54 Å². The number of amides is 1. The molecule has 0 bridgehead atoms. The summed E-state index contributed by atoms with van der Waals surface area (Å²) >= 11 is 0. The molecule has 0 unspecified atom stereocenters. The molecule has 1 fully saturated rings. The zero-order chi connectivity index (χ0) is 24.7. The van der Waals surface area contributed by atoms with Gasteiger partial charge in [0.2, 0.25) is 5.91 Å². The highest BCUT2D eigenvalue weighted by molar-refractivity contribution is 5.81. The van der Waals surface area contributed by atoms with E-state index in [2.05, 4.69) is 29.2 Å². The molecule has 3 aliphatic rings. The van der Waals surface area contributed by atoms with Gasteiger partial charge >= 0.3 is 0 Å². The van der Waals surface area contributed by atoms with Crippen LogP contribution in [0.25, 0.3) is 6.08 Å². The Kier molecular flexibility index (Phi) is 8.07. The van der Waals surface area contributed by atoms with Gasteiger partial charge in [-0.3, -0.25) is 9.69 Å². The number of fused-ring (bicyclic) bond motifs is 1. The van der Waals surface area contributed by atoms with E-state index in [1.54, 1.807) is 6.07 Å². The van der Waals surface area contributed by atoms with Gasteiger partial charge < -0.3 is 14.7 Å². The maximum atomic E-state index is 13.0. The van der Waals surface area contributed by atoms with Crippen LogP contribution in [-0.2, 0) is 17.8 Å². The smallest absolute Gasteiger partial charge is 0.227 e. The average molecular weight is 487 g/mol. The Morgan fingerprint density at radius 2 is 1.69 bits per heavy atom. The molecular formula is C31H38N2O3. The van der Waals surface area contributed by atoms with E-state index in [4.69, 9.17) is 4.74 Å². The standard InChI is InChI=1S/C31H38N2O3/c34-28-14-13-26-21-27(8-5-7-25(26)22-28)30-9-6-10-31(35)33(30)23-24-11-15-29(16-12-24)36-20-19-32-17-3-1-2-4-18-32/h9,11-16,21-22,34H,1-8,10,17-20,23H2. The number of rotatable bonds is 7. The molecule has 1 saturated heterocycles. The highest BCUT2D eigenvalue weighted by atomic mass is 16.5. The summed E-state index contributed by atoms with van der Waals surface area (Å²) in [4.78, 5) is 17.5. The second kappa shape index (κ2) is 11.8. The van der Waals surface area contributed by atoms with E-state index in [9.17, 15) is 9.90 Å². The van der Waals surface area contributed by atoms with Gasteiger partial charge in [0, 0.05) is 18.7 Å². The number of carbonyl (C=O) groups is 1. The van der Waals surface area contributed by atoms with E-state index in [1.165, 1.54) is 49.9 Å². The average Bonchev–Trinajstić information content (AvgIpc) is 3.27. The van der Waals surface area contributed by atoms with Gasteiger partial charge in [-0.1, -0.05) is 37.1 Å². The first-order chi connectivity index (χ1) is 17.7. The lowest BCUT2D eigenvalue weighted by molar-refractivity contribution is -0.130. The van der Waals surface area contributed by atoms with Gasteiger partial charge in [-0.15, -0.1) is 0 Å². The zero-order valence-electron chi connectivity index (χ0n) is 21.3. The molecule has 5 heteroatoms. The van der Waals surface area contributed by atoms with Crippen LogP contribution >= 0.6 is 0 Å². The summed E-state index contributed by atoms with van der Waals surface area (Å²) in [5, 5.41) is 9.88. The SMILES string of the molecule is O=C1CCC=C(C2=Cc3ccc(O)cc3CCC2)N1Cc1ccc(OCCN2CCCCCC2)cc1. The van der Waals surface area contributed by atoms with E-state index in [-0.39, 0.29) is 5.91 Å². The molecule has 2 aliphatic heterocycles. The van der Waals surface area contributed by atoms with Crippen LogP contribution in [-0.4, -0.2) is 47.1 Å². The van der Waals surface area contributed by atoms with E-state index in [0.717, 1.165) is 54.8 Å². The monoisotopic (exact) mass is 486 g/mol. The van der Waals surface area contributed by atoms with Crippen molar-refractivity contribution in [1.29, 1.82) is 0 Å². The number of ether oxygens (including phenoxy) is 1. The van der Waals surface area contributed by atoms with Crippen LogP contribution < -0.4 is 4.74 Å². The Bertz CT molecular complexity index is 1110. The molecule has 1 aliphatic carbocycles. The van der Waals surface area contributed by atoms with Crippen LogP contribution in [0.3, 0.4) is 0 Å². The predicted molar refractivity (Wildman–Crippen MR) is 144 cm³/mol. The minimum absolute atomic E-state index is 0.182. The Morgan fingerprint density at radius 3 is 2.50 bits per heavy atom. The third kappa shape index (κ3) is 6.19. The molecule has 5 rings (SSSR count). The Balaban J connectivity index is 1.23. The molecule has 36 heavy (non-hydrogen) atoms. The molecule has 0 saturated carbocycles. The van der Waals surface area contributed by atoms with E-state index < -0.39 is 0 Å². The fourth-order valence-electron chi connectivity index (χ4n) is 5.60. The molecule has 2 aromatic carbocycles. The zero-order valence-corrected chi connectivity index (χ0v) is 21.3. The van der Waals surface area contributed by atoms with Gasteiger partial charge in [0.25, 0.3) is 0 Å². The number of allylic oxidation sites excluding steroid dienone is 2. The molecule has 5 nitrogen and oxygen atoms in total. The molecule has 1 amide bonds. The first-order valence-corrected chi connectivity index (χ1v) is 13.6. The first kappa shape index (κ1) is 24.6. The van der Waals surface area contributed by atoms with Crippen molar-refractivity contribution in [3.05, 3.63) is 76.5 Å². The predicted octanol–water partition coefficient (Wildman–Crippen LogP) is 6.07. The molecule has 0 atom stereocenters. The molecule has 0 radical (unpaired) electrons. The Labute approximate surface area is 215 Å². The second-order valence-corrected chi connectivity index (χ2v) is 10.3. The first-order valence-electron chi connectivity index (χ1n) is 13.6. The number of hydrogen-bond donors (Lipinski definition) is 1. The maximum absolute atomic E-state index is 13.0. The Morgan fingerprint density at radius 1 is 0.889 bits per heavy atom. The summed E-state index contributed by atoms with van der Waals surface area (Å²) in [6, 6.07) is 13.8. The van der Waals surface area contributed by atoms with Gasteiger partial charge in [0.1, 0.15) is 18.1 Å². The van der Waals surface area contributed by atoms with Crippen LogP contribution in [0.1, 0.15) is 68.1 Å². The third-order valence-corrected chi connectivity index (χ3v) is 7.60. The summed E-state index contributed by atoms with van der Waals surface area (Å²) in [7, 11) is 0. The van der Waals surface area contributed by atoms with Gasteiger partial charge in [-0.2, -0.15) is 0 Å². The van der Waals surface area contributed by atoms with Crippen molar-refractivity contribution in [2.24, 2.45) is 0 Å². The van der Waals surface area contributed by atoms with Crippen LogP contribution in [0.2, 0.25) is 0 Å². The molecule has 1 N–H and O–H groups in total. The van der Waals surface area contributed by atoms with Crippen molar-refractivity contribution in [1.82, 2.24) is 9.80 Å². The van der Waals surface area contributed by atoms with Gasteiger partial charge in [-0.05, 0) is 104 Å². The number of likely N-dealkylation sites (tertiary alicyclic amines) is 1. The molecule has 0 aromatic heterocycles. The Hall–Kier alpha value is -3.05. The number of aromatic hydroxyl groups is 1. The lowest BCUT2D eigenvalue weighted by Crippen LogP contribution is -2.33. The lowest BCUT2D eigenvalue weighted by Gasteiger charge is -2.30. The summed E-state index contributed by atoms with van der Waals surface area (Å²) in [6.45, 7) is 4.64. The summed E-state index contributed by atoms with van der Waals surface area (Å²) in [5.41, 5.74) is 5.67. The van der Waals surface area contributed by atoms with Crippen LogP contribution in [0, 0.1) is 0 Å². The van der Waals surface area contributed by atoms with Crippen LogP contribution in [0.5, 0.6) is 11.5 Å². The largest absolute Gasteiger partial charge is 0.508 e. The fourth-order valence-corrected chi connectivity index (χ4v) is 5.60. The van der Waals surface area contributed by atoms with Gasteiger partial charge in [0.15, 0.2) is 0 Å².